The lowest BCUT2D eigenvalue weighted by molar-refractivity contribution is 0.842. The van der Waals surface area contributed by atoms with E-state index >= 15 is 0 Å². The van der Waals surface area contributed by atoms with Gasteiger partial charge in [-0.05, 0) is 23.9 Å². The lowest BCUT2D eigenvalue weighted by Gasteiger charge is -2.12. The van der Waals surface area contributed by atoms with Crippen molar-refractivity contribution >= 4 is 22.1 Å². The minimum absolute atomic E-state index is 0.192. The number of pyridine rings is 1. The van der Waals surface area contributed by atoms with E-state index in [2.05, 4.69) is 16.0 Å². The normalized spacial score (nSPS) is 12.8. The maximum absolute atomic E-state index is 6.31. The van der Waals surface area contributed by atoms with Crippen LogP contribution in [0.2, 0.25) is 0 Å². The largest absolute Gasteiger partial charge is 0.319 e. The molecule has 1 unspecified atom stereocenters. The van der Waals surface area contributed by atoms with E-state index in [1.165, 1.54) is 0 Å². The summed E-state index contributed by atoms with van der Waals surface area (Å²) in [5.74, 6) is 0. The fourth-order valence-corrected chi connectivity index (χ4v) is 2.74. The molecule has 0 aliphatic heterocycles. The summed E-state index contributed by atoms with van der Waals surface area (Å²) in [6.07, 6.45) is 3.66. The van der Waals surface area contributed by atoms with Gasteiger partial charge in [0.25, 0.3) is 0 Å². The average molecular weight is 255 g/mol. The van der Waals surface area contributed by atoms with Gasteiger partial charge in [0, 0.05) is 23.2 Å². The van der Waals surface area contributed by atoms with Crippen LogP contribution in [0.3, 0.4) is 0 Å². The summed E-state index contributed by atoms with van der Waals surface area (Å²) in [7, 11) is 0. The van der Waals surface area contributed by atoms with Crippen molar-refractivity contribution in [2.75, 3.05) is 0 Å². The lowest BCUT2D eigenvalue weighted by atomic mass is 9.99. The van der Waals surface area contributed by atoms with Gasteiger partial charge in [-0.2, -0.15) is 0 Å². The summed E-state index contributed by atoms with van der Waals surface area (Å²) in [5.41, 5.74) is 8.31. The highest BCUT2D eigenvalue weighted by atomic mass is 32.1. The van der Waals surface area contributed by atoms with Gasteiger partial charge in [-0.3, -0.25) is 4.98 Å². The highest BCUT2D eigenvalue weighted by Gasteiger charge is 2.14. The molecule has 18 heavy (non-hydrogen) atoms. The van der Waals surface area contributed by atoms with Crippen LogP contribution in [0.25, 0.3) is 10.8 Å². The van der Waals surface area contributed by atoms with E-state index in [-0.39, 0.29) is 6.04 Å². The molecule has 1 aromatic carbocycles. The second-order valence-corrected chi connectivity index (χ2v) is 5.28. The molecule has 0 aliphatic carbocycles. The van der Waals surface area contributed by atoms with Crippen molar-refractivity contribution in [3.05, 3.63) is 58.3 Å². The van der Waals surface area contributed by atoms with Crippen molar-refractivity contribution < 1.29 is 0 Å². The first-order valence-electron chi connectivity index (χ1n) is 5.76. The zero-order chi connectivity index (χ0) is 12.5. The van der Waals surface area contributed by atoms with Crippen LogP contribution in [-0.4, -0.2) is 9.97 Å². The first-order chi connectivity index (χ1) is 8.75. The molecule has 0 aliphatic rings. The van der Waals surface area contributed by atoms with Crippen LogP contribution in [0.5, 0.6) is 0 Å². The zero-order valence-corrected chi connectivity index (χ0v) is 10.8. The van der Waals surface area contributed by atoms with Gasteiger partial charge in [-0.15, -0.1) is 11.3 Å². The third-order valence-corrected chi connectivity index (χ3v) is 3.80. The number of aromatic nitrogens is 2. The van der Waals surface area contributed by atoms with Crippen molar-refractivity contribution in [2.45, 2.75) is 13.0 Å². The Balaban J connectivity index is 2.14. The maximum Gasteiger partial charge on any atom is 0.0898 e. The van der Waals surface area contributed by atoms with Gasteiger partial charge in [0.15, 0.2) is 0 Å². The molecule has 3 rings (SSSR count). The quantitative estimate of drug-likeness (QED) is 0.765. The van der Waals surface area contributed by atoms with Crippen LogP contribution in [0.4, 0.5) is 0 Å². The summed E-state index contributed by atoms with van der Waals surface area (Å²) in [5, 5.41) is 5.32. The summed E-state index contributed by atoms with van der Waals surface area (Å²) >= 11 is 1.63. The van der Waals surface area contributed by atoms with Crippen molar-refractivity contribution in [1.29, 1.82) is 0 Å². The van der Waals surface area contributed by atoms with E-state index in [4.69, 9.17) is 5.73 Å². The molecular weight excluding hydrogens is 242 g/mol. The third kappa shape index (κ3) is 1.89. The number of nitrogens with two attached hydrogens (primary N) is 1. The molecule has 4 heteroatoms. The topological polar surface area (TPSA) is 51.8 Å². The van der Waals surface area contributed by atoms with Gasteiger partial charge in [0.1, 0.15) is 0 Å². The second-order valence-electron chi connectivity index (χ2n) is 4.21. The Morgan fingerprint density at radius 1 is 1.28 bits per heavy atom. The Labute approximate surface area is 109 Å². The second kappa shape index (κ2) is 4.48. The van der Waals surface area contributed by atoms with Crippen LogP contribution in [0.15, 0.2) is 42.0 Å². The lowest BCUT2D eigenvalue weighted by Crippen LogP contribution is -2.12. The predicted octanol–water partition coefficient (Wildman–Crippen LogP) is 3.05. The van der Waals surface area contributed by atoms with E-state index in [1.807, 2.05) is 36.7 Å². The van der Waals surface area contributed by atoms with Gasteiger partial charge < -0.3 is 5.73 Å². The van der Waals surface area contributed by atoms with Crippen LogP contribution in [0, 0.1) is 6.92 Å². The van der Waals surface area contributed by atoms with Crippen LogP contribution >= 0.6 is 11.3 Å². The number of nitrogens with zero attached hydrogens (tertiary/aromatic N) is 2. The van der Waals surface area contributed by atoms with Crippen LogP contribution < -0.4 is 5.73 Å². The van der Waals surface area contributed by atoms with E-state index in [0.717, 1.165) is 27.0 Å². The van der Waals surface area contributed by atoms with E-state index in [1.54, 1.807) is 17.5 Å². The first kappa shape index (κ1) is 11.3. The maximum atomic E-state index is 6.31. The number of aryl methyl sites for hydroxylation is 1. The average Bonchev–Trinajstić information content (AvgIpc) is 2.84. The molecule has 90 valence electrons. The molecule has 2 heterocycles. The Morgan fingerprint density at radius 3 is 2.94 bits per heavy atom. The molecule has 3 nitrogen and oxygen atoms in total. The monoisotopic (exact) mass is 255 g/mol. The number of thiazole rings is 1. The number of benzene rings is 1. The highest BCUT2D eigenvalue weighted by Crippen LogP contribution is 2.27. The highest BCUT2D eigenvalue weighted by molar-refractivity contribution is 7.09. The Hall–Kier alpha value is -1.78. The third-order valence-electron chi connectivity index (χ3n) is 3.01. The van der Waals surface area contributed by atoms with Crippen molar-refractivity contribution in [2.24, 2.45) is 5.73 Å². The van der Waals surface area contributed by atoms with Gasteiger partial charge in [-0.25, -0.2) is 4.98 Å². The van der Waals surface area contributed by atoms with Crippen LogP contribution in [-0.2, 0) is 0 Å². The summed E-state index contributed by atoms with van der Waals surface area (Å²) in [4.78, 5) is 8.65. The Kier molecular flexibility index (Phi) is 2.81. The van der Waals surface area contributed by atoms with Gasteiger partial charge in [0.05, 0.1) is 16.7 Å². The molecule has 0 spiro atoms. The minimum Gasteiger partial charge on any atom is -0.319 e. The first-order valence-corrected chi connectivity index (χ1v) is 6.64. The molecule has 0 saturated carbocycles. The molecule has 1 atom stereocenters. The molecule has 0 fully saturated rings. The van der Waals surface area contributed by atoms with Gasteiger partial charge in [-0.1, -0.05) is 18.2 Å². The molecule has 0 amide bonds. The van der Waals surface area contributed by atoms with Crippen LogP contribution in [0.1, 0.15) is 22.3 Å². The van der Waals surface area contributed by atoms with E-state index in [9.17, 15) is 0 Å². The molecule has 3 aromatic rings. The molecular formula is C14H13N3S. The van der Waals surface area contributed by atoms with E-state index in [0.29, 0.717) is 0 Å². The Bertz CT molecular complexity index is 685. The number of rotatable bonds is 2. The number of fused-ring (bicyclic) bond motifs is 1. The standard InChI is InChI=1S/C14H13N3S/c1-9-17-13(8-18-9)14(15)11-4-2-3-10-5-6-16-7-12(10)11/h2-8,14H,15H2,1H3. The molecule has 0 saturated heterocycles. The van der Waals surface area contributed by atoms with Crippen molar-refractivity contribution in [1.82, 2.24) is 9.97 Å². The summed E-state index contributed by atoms with van der Waals surface area (Å²) < 4.78 is 0. The smallest absolute Gasteiger partial charge is 0.0898 e. The van der Waals surface area contributed by atoms with E-state index < -0.39 is 0 Å². The SMILES string of the molecule is Cc1nc(C(N)c2cccc3ccncc23)cs1. The zero-order valence-electron chi connectivity index (χ0n) is 10.00. The summed E-state index contributed by atoms with van der Waals surface area (Å²) in [6.45, 7) is 1.99. The molecule has 0 radical (unpaired) electrons. The molecule has 2 N–H and O–H groups in total. The Morgan fingerprint density at radius 2 is 2.17 bits per heavy atom. The number of hydrogen-bond acceptors (Lipinski definition) is 4. The van der Waals surface area contributed by atoms with Gasteiger partial charge >= 0.3 is 0 Å². The van der Waals surface area contributed by atoms with Crippen molar-refractivity contribution in [3.8, 4) is 0 Å². The minimum atomic E-state index is -0.192. The molecule has 2 aromatic heterocycles. The number of hydrogen-bond donors (Lipinski definition) is 1. The summed E-state index contributed by atoms with van der Waals surface area (Å²) in [6, 6.07) is 7.94. The fraction of sp³-hybridized carbons (Fsp3) is 0.143. The van der Waals surface area contributed by atoms with Gasteiger partial charge in [0.2, 0.25) is 0 Å². The van der Waals surface area contributed by atoms with Crippen molar-refractivity contribution in [3.63, 3.8) is 0 Å². The fourth-order valence-electron chi connectivity index (χ4n) is 2.09. The predicted molar refractivity (Wildman–Crippen MR) is 74.6 cm³/mol. The molecule has 0 bridgehead atoms.